The summed E-state index contributed by atoms with van der Waals surface area (Å²) in [6.45, 7) is 3.82. The van der Waals surface area contributed by atoms with Crippen molar-refractivity contribution in [3.8, 4) is 0 Å². The van der Waals surface area contributed by atoms with Gasteiger partial charge in [0.05, 0.1) is 17.6 Å². The van der Waals surface area contributed by atoms with Crippen molar-refractivity contribution in [1.29, 1.82) is 0 Å². The first kappa shape index (κ1) is 11.4. The topological polar surface area (TPSA) is 76.2 Å². The van der Waals surface area contributed by atoms with Gasteiger partial charge < -0.3 is 9.63 Å². The summed E-state index contributed by atoms with van der Waals surface area (Å²) in [5.41, 5.74) is -0.283. The van der Waals surface area contributed by atoms with Gasteiger partial charge in [0.2, 0.25) is 5.89 Å². The normalized spacial score (nSPS) is 26.7. The monoisotopic (exact) mass is 242 g/mol. The predicted octanol–water partition coefficient (Wildman–Crippen LogP) is 1.76. The Bertz CT molecular complexity index is 416. The molecule has 0 aromatic carbocycles. The predicted molar refractivity (Wildman–Crippen MR) is 59.2 cm³/mol. The van der Waals surface area contributed by atoms with Crippen LogP contribution in [-0.4, -0.2) is 27.5 Å². The highest BCUT2D eigenvalue weighted by molar-refractivity contribution is 7.97. The molecule has 0 radical (unpaired) electrons. The fraction of sp³-hybridized carbons (Fsp3) is 0.700. The van der Waals surface area contributed by atoms with Crippen molar-refractivity contribution in [3.05, 3.63) is 11.7 Å². The molecule has 0 spiro atoms. The molecule has 88 valence electrons. The van der Waals surface area contributed by atoms with Gasteiger partial charge in [0, 0.05) is 0 Å². The molecule has 1 saturated carbocycles. The fourth-order valence-corrected chi connectivity index (χ4v) is 2.52. The average Bonchev–Trinajstić information content (AvgIpc) is 2.57. The van der Waals surface area contributed by atoms with Gasteiger partial charge in [-0.3, -0.25) is 4.79 Å². The number of thioether (sulfide) groups is 1. The molecule has 1 aliphatic carbocycles. The molecule has 6 heteroatoms. The smallest absolute Gasteiger partial charge is 0.307 e. The van der Waals surface area contributed by atoms with Gasteiger partial charge in [-0.2, -0.15) is 16.7 Å². The van der Waals surface area contributed by atoms with Crippen molar-refractivity contribution in [2.24, 2.45) is 11.3 Å². The highest BCUT2D eigenvalue weighted by atomic mass is 32.2. The van der Waals surface area contributed by atoms with Gasteiger partial charge >= 0.3 is 5.97 Å². The number of nitrogens with zero attached hydrogens (tertiary/aromatic N) is 2. The Morgan fingerprint density at radius 2 is 2.31 bits per heavy atom. The summed E-state index contributed by atoms with van der Waals surface area (Å²) in [5.74, 6) is 0.438. The van der Waals surface area contributed by atoms with Gasteiger partial charge in [0.1, 0.15) is 0 Å². The molecule has 0 amide bonds. The Morgan fingerprint density at radius 1 is 1.62 bits per heavy atom. The van der Waals surface area contributed by atoms with Crippen LogP contribution in [0.2, 0.25) is 0 Å². The first-order valence-corrected chi connectivity index (χ1v) is 6.42. The summed E-state index contributed by atoms with van der Waals surface area (Å²) in [5, 5.41) is 12.9. The van der Waals surface area contributed by atoms with E-state index in [0.29, 0.717) is 17.5 Å². The number of rotatable bonds is 4. The number of carboxylic acids is 1. The molecule has 0 bridgehead atoms. The number of carboxylic acid groups (broad SMARTS) is 1. The minimum Gasteiger partial charge on any atom is -0.481 e. The maximum atomic E-state index is 11.0. The van der Waals surface area contributed by atoms with Crippen molar-refractivity contribution < 1.29 is 14.4 Å². The SMILES string of the molecule is CSCc1noc(C2C(C(=O)O)C2(C)C)n1. The second-order valence-corrected chi connectivity index (χ2v) is 5.46. The summed E-state index contributed by atoms with van der Waals surface area (Å²) in [7, 11) is 0. The first-order chi connectivity index (χ1) is 7.48. The molecule has 2 atom stereocenters. The van der Waals surface area contributed by atoms with Gasteiger partial charge in [-0.05, 0) is 11.7 Å². The lowest BCUT2D eigenvalue weighted by Gasteiger charge is -1.96. The average molecular weight is 242 g/mol. The highest BCUT2D eigenvalue weighted by Crippen LogP contribution is 2.63. The van der Waals surface area contributed by atoms with E-state index in [1.807, 2.05) is 20.1 Å². The third-order valence-corrected chi connectivity index (χ3v) is 3.66. The van der Waals surface area contributed by atoms with Gasteiger partial charge in [0.25, 0.3) is 0 Å². The third-order valence-electron chi connectivity index (χ3n) is 3.12. The van der Waals surface area contributed by atoms with E-state index in [-0.39, 0.29) is 11.3 Å². The van der Waals surface area contributed by atoms with E-state index in [2.05, 4.69) is 10.1 Å². The molecule has 1 aromatic rings. The molecule has 5 nitrogen and oxygen atoms in total. The van der Waals surface area contributed by atoms with E-state index in [0.717, 1.165) is 0 Å². The lowest BCUT2D eigenvalue weighted by molar-refractivity contribution is -0.139. The van der Waals surface area contributed by atoms with Crippen molar-refractivity contribution in [1.82, 2.24) is 10.1 Å². The minimum absolute atomic E-state index is 0.145. The van der Waals surface area contributed by atoms with E-state index < -0.39 is 11.9 Å². The number of aromatic nitrogens is 2. The Balaban J connectivity index is 2.17. The zero-order chi connectivity index (χ0) is 11.9. The molecule has 1 heterocycles. The molecular weight excluding hydrogens is 228 g/mol. The van der Waals surface area contributed by atoms with Crippen LogP contribution in [0.15, 0.2) is 4.52 Å². The maximum absolute atomic E-state index is 11.0. The molecule has 2 unspecified atom stereocenters. The highest BCUT2D eigenvalue weighted by Gasteiger charge is 2.65. The molecule has 2 rings (SSSR count). The molecule has 16 heavy (non-hydrogen) atoms. The summed E-state index contributed by atoms with van der Waals surface area (Å²) in [6.07, 6.45) is 1.96. The van der Waals surface area contributed by atoms with Crippen LogP contribution >= 0.6 is 11.8 Å². The Kier molecular flexibility index (Phi) is 2.69. The number of hydrogen-bond acceptors (Lipinski definition) is 5. The van der Waals surface area contributed by atoms with Crippen LogP contribution in [0, 0.1) is 11.3 Å². The van der Waals surface area contributed by atoms with Crippen LogP contribution in [0.5, 0.6) is 0 Å². The van der Waals surface area contributed by atoms with Crippen molar-refractivity contribution in [2.45, 2.75) is 25.5 Å². The van der Waals surface area contributed by atoms with Gasteiger partial charge in [-0.25, -0.2) is 0 Å². The molecule has 1 aromatic heterocycles. The first-order valence-electron chi connectivity index (χ1n) is 5.02. The summed E-state index contributed by atoms with van der Waals surface area (Å²) in [4.78, 5) is 15.2. The molecule has 1 N–H and O–H groups in total. The van der Waals surface area contributed by atoms with E-state index in [4.69, 9.17) is 9.63 Å². The van der Waals surface area contributed by atoms with E-state index >= 15 is 0 Å². The van der Waals surface area contributed by atoms with Crippen LogP contribution in [0.4, 0.5) is 0 Å². The molecular formula is C10H14N2O3S. The quantitative estimate of drug-likeness (QED) is 0.867. The summed E-state index contributed by atoms with van der Waals surface area (Å²) < 4.78 is 5.12. The van der Waals surface area contributed by atoms with Crippen molar-refractivity contribution in [3.63, 3.8) is 0 Å². The Hall–Kier alpha value is -1.04. The van der Waals surface area contributed by atoms with Crippen LogP contribution in [0.3, 0.4) is 0 Å². The van der Waals surface area contributed by atoms with Crippen LogP contribution in [0.25, 0.3) is 0 Å². The Morgan fingerprint density at radius 3 is 2.81 bits per heavy atom. The van der Waals surface area contributed by atoms with Crippen molar-refractivity contribution in [2.75, 3.05) is 6.26 Å². The number of aliphatic carboxylic acids is 1. The summed E-state index contributed by atoms with van der Waals surface area (Å²) >= 11 is 1.61. The van der Waals surface area contributed by atoms with E-state index in [1.165, 1.54) is 0 Å². The lowest BCUT2D eigenvalue weighted by Crippen LogP contribution is -2.03. The Labute approximate surface area is 97.6 Å². The molecule has 0 saturated heterocycles. The molecule has 1 fully saturated rings. The van der Waals surface area contributed by atoms with Crippen LogP contribution < -0.4 is 0 Å². The third kappa shape index (κ3) is 1.71. The standard InChI is InChI=1S/C10H14N2O3S/c1-10(2)6(7(10)9(13)14)8-11-5(4-16-3)12-15-8/h6-7H,4H2,1-3H3,(H,13,14). The molecule has 1 aliphatic rings. The van der Waals surface area contributed by atoms with Gasteiger partial charge in [-0.1, -0.05) is 19.0 Å². The van der Waals surface area contributed by atoms with E-state index in [9.17, 15) is 4.79 Å². The number of carbonyl (C=O) groups is 1. The van der Waals surface area contributed by atoms with Crippen LogP contribution in [0.1, 0.15) is 31.5 Å². The van der Waals surface area contributed by atoms with E-state index in [1.54, 1.807) is 11.8 Å². The van der Waals surface area contributed by atoms with Crippen LogP contribution in [-0.2, 0) is 10.5 Å². The molecule has 0 aliphatic heterocycles. The maximum Gasteiger partial charge on any atom is 0.307 e. The zero-order valence-electron chi connectivity index (χ0n) is 9.43. The minimum atomic E-state index is -0.792. The van der Waals surface area contributed by atoms with Gasteiger partial charge in [-0.15, -0.1) is 0 Å². The zero-order valence-corrected chi connectivity index (χ0v) is 10.2. The largest absolute Gasteiger partial charge is 0.481 e. The van der Waals surface area contributed by atoms with Gasteiger partial charge in [0.15, 0.2) is 5.82 Å². The second kappa shape index (κ2) is 3.76. The van der Waals surface area contributed by atoms with Crippen molar-refractivity contribution >= 4 is 17.7 Å². The summed E-state index contributed by atoms with van der Waals surface area (Å²) in [6, 6.07) is 0. The fourth-order valence-electron chi connectivity index (χ4n) is 2.14. The second-order valence-electron chi connectivity index (χ2n) is 4.60. The lowest BCUT2D eigenvalue weighted by atomic mass is 10.1. The number of hydrogen-bond donors (Lipinski definition) is 1.